The SMILES string of the molecule is COCCOCCOCCNc1ccc(C#N)c(C#N)c1. The van der Waals surface area contributed by atoms with Gasteiger partial charge in [-0.15, -0.1) is 0 Å². The first kappa shape index (κ1) is 16.9. The van der Waals surface area contributed by atoms with Crippen LogP contribution in [0.25, 0.3) is 0 Å². The quantitative estimate of drug-likeness (QED) is 0.657. The molecule has 0 aliphatic heterocycles. The molecule has 0 heterocycles. The molecule has 6 heteroatoms. The first-order chi connectivity index (χ1) is 10.3. The van der Waals surface area contributed by atoms with Gasteiger partial charge in [-0.3, -0.25) is 0 Å². The summed E-state index contributed by atoms with van der Waals surface area (Å²) in [5, 5.41) is 20.9. The van der Waals surface area contributed by atoms with Crippen LogP contribution in [0.5, 0.6) is 0 Å². The molecule has 0 aromatic heterocycles. The molecule has 21 heavy (non-hydrogen) atoms. The van der Waals surface area contributed by atoms with E-state index in [1.807, 2.05) is 12.1 Å². The summed E-state index contributed by atoms with van der Waals surface area (Å²) >= 11 is 0. The van der Waals surface area contributed by atoms with Crippen LogP contribution in [-0.2, 0) is 14.2 Å². The standard InChI is InChI=1S/C15H19N3O3/c1-19-6-7-21-9-8-20-5-4-18-15-3-2-13(11-16)14(10-15)12-17/h2-3,10,18H,4-9H2,1H3. The van der Waals surface area contributed by atoms with Gasteiger partial charge in [-0.05, 0) is 18.2 Å². The lowest BCUT2D eigenvalue weighted by atomic mass is 10.1. The summed E-state index contributed by atoms with van der Waals surface area (Å²) in [6, 6.07) is 9.04. The molecular formula is C15H19N3O3. The number of nitrogens with one attached hydrogen (secondary N) is 1. The van der Waals surface area contributed by atoms with Crippen LogP contribution in [0.15, 0.2) is 18.2 Å². The van der Waals surface area contributed by atoms with E-state index in [9.17, 15) is 0 Å². The molecule has 1 rings (SSSR count). The Bertz CT molecular complexity index is 506. The van der Waals surface area contributed by atoms with Crippen LogP contribution in [0.4, 0.5) is 5.69 Å². The molecule has 1 aromatic carbocycles. The molecule has 0 aliphatic carbocycles. The van der Waals surface area contributed by atoms with Crippen LogP contribution in [0.3, 0.4) is 0 Å². The van der Waals surface area contributed by atoms with E-state index in [0.29, 0.717) is 50.7 Å². The second-order valence-electron chi connectivity index (χ2n) is 4.13. The molecule has 0 saturated heterocycles. The van der Waals surface area contributed by atoms with Crippen LogP contribution >= 0.6 is 0 Å². The number of hydrogen-bond donors (Lipinski definition) is 1. The van der Waals surface area contributed by atoms with Crippen molar-refractivity contribution in [3.05, 3.63) is 29.3 Å². The Labute approximate surface area is 124 Å². The highest BCUT2D eigenvalue weighted by molar-refractivity contribution is 5.56. The zero-order valence-corrected chi connectivity index (χ0v) is 12.1. The highest BCUT2D eigenvalue weighted by atomic mass is 16.5. The minimum atomic E-state index is 0.370. The number of hydrogen-bond acceptors (Lipinski definition) is 6. The molecule has 0 saturated carbocycles. The van der Waals surface area contributed by atoms with Crippen molar-refractivity contribution in [3.8, 4) is 12.1 Å². The Kier molecular flexibility index (Phi) is 8.58. The number of methoxy groups -OCH3 is 1. The summed E-state index contributed by atoms with van der Waals surface area (Å²) in [6.45, 7) is 3.38. The highest BCUT2D eigenvalue weighted by Crippen LogP contribution is 2.14. The van der Waals surface area contributed by atoms with E-state index >= 15 is 0 Å². The monoisotopic (exact) mass is 289 g/mol. The van der Waals surface area contributed by atoms with Crippen molar-refractivity contribution in [1.82, 2.24) is 0 Å². The zero-order chi connectivity index (χ0) is 15.3. The molecule has 112 valence electrons. The van der Waals surface area contributed by atoms with E-state index in [0.717, 1.165) is 5.69 Å². The molecule has 0 unspecified atom stereocenters. The van der Waals surface area contributed by atoms with Gasteiger partial charge in [0.25, 0.3) is 0 Å². The van der Waals surface area contributed by atoms with E-state index in [1.165, 1.54) is 0 Å². The number of ether oxygens (including phenoxy) is 3. The molecule has 0 aliphatic rings. The lowest BCUT2D eigenvalue weighted by molar-refractivity contribution is 0.0272. The van der Waals surface area contributed by atoms with Crippen molar-refractivity contribution >= 4 is 5.69 Å². The van der Waals surface area contributed by atoms with E-state index < -0.39 is 0 Å². The van der Waals surface area contributed by atoms with Gasteiger partial charge in [0.15, 0.2) is 0 Å². The Morgan fingerprint density at radius 1 is 0.952 bits per heavy atom. The second kappa shape index (κ2) is 10.6. The van der Waals surface area contributed by atoms with Gasteiger partial charge in [0.1, 0.15) is 12.1 Å². The normalized spacial score (nSPS) is 9.86. The minimum absolute atomic E-state index is 0.370. The van der Waals surface area contributed by atoms with Gasteiger partial charge in [-0.1, -0.05) is 0 Å². The van der Waals surface area contributed by atoms with Gasteiger partial charge in [0.2, 0.25) is 0 Å². The number of nitriles is 2. The summed E-state index contributed by atoms with van der Waals surface area (Å²) in [6.07, 6.45) is 0. The van der Waals surface area contributed by atoms with Gasteiger partial charge in [0.05, 0.1) is 44.2 Å². The Morgan fingerprint density at radius 3 is 2.29 bits per heavy atom. The number of benzene rings is 1. The van der Waals surface area contributed by atoms with Gasteiger partial charge in [0, 0.05) is 19.3 Å². The highest BCUT2D eigenvalue weighted by Gasteiger charge is 2.02. The fourth-order valence-electron chi connectivity index (χ4n) is 1.58. The van der Waals surface area contributed by atoms with E-state index in [-0.39, 0.29) is 0 Å². The van der Waals surface area contributed by atoms with Crippen molar-refractivity contribution in [3.63, 3.8) is 0 Å². The second-order valence-corrected chi connectivity index (χ2v) is 4.13. The van der Waals surface area contributed by atoms with Gasteiger partial charge < -0.3 is 19.5 Å². The zero-order valence-electron chi connectivity index (χ0n) is 12.1. The summed E-state index contributed by atoms with van der Waals surface area (Å²) in [7, 11) is 1.63. The molecule has 0 bridgehead atoms. The molecule has 1 aromatic rings. The maximum absolute atomic E-state index is 8.93. The molecule has 0 spiro atoms. The molecule has 1 N–H and O–H groups in total. The van der Waals surface area contributed by atoms with E-state index in [4.69, 9.17) is 24.7 Å². The molecule has 0 atom stereocenters. The fourth-order valence-corrected chi connectivity index (χ4v) is 1.58. The van der Waals surface area contributed by atoms with Crippen LogP contribution < -0.4 is 5.32 Å². The van der Waals surface area contributed by atoms with Crippen molar-refractivity contribution < 1.29 is 14.2 Å². The van der Waals surface area contributed by atoms with Crippen molar-refractivity contribution in [2.45, 2.75) is 0 Å². The smallest absolute Gasteiger partial charge is 0.101 e. The molecule has 0 radical (unpaired) electrons. The molecule has 0 amide bonds. The van der Waals surface area contributed by atoms with Crippen molar-refractivity contribution in [1.29, 1.82) is 10.5 Å². The van der Waals surface area contributed by atoms with Crippen LogP contribution in [0.2, 0.25) is 0 Å². The average molecular weight is 289 g/mol. The summed E-state index contributed by atoms with van der Waals surface area (Å²) in [4.78, 5) is 0. The van der Waals surface area contributed by atoms with Crippen LogP contribution in [0, 0.1) is 22.7 Å². The van der Waals surface area contributed by atoms with Crippen LogP contribution in [0.1, 0.15) is 11.1 Å². The first-order valence-corrected chi connectivity index (χ1v) is 6.64. The Morgan fingerprint density at radius 2 is 1.62 bits per heavy atom. The Balaban J connectivity index is 2.16. The molecule has 0 fully saturated rings. The lowest BCUT2D eigenvalue weighted by Crippen LogP contribution is -2.13. The number of rotatable bonds is 10. The van der Waals surface area contributed by atoms with Crippen molar-refractivity contribution in [2.24, 2.45) is 0 Å². The Hall–Kier alpha value is -2.12. The molecular weight excluding hydrogens is 270 g/mol. The van der Waals surface area contributed by atoms with Crippen LogP contribution in [-0.4, -0.2) is 46.7 Å². The largest absolute Gasteiger partial charge is 0.383 e. The average Bonchev–Trinajstić information content (AvgIpc) is 2.53. The summed E-state index contributed by atoms with van der Waals surface area (Å²) in [5.41, 5.74) is 1.55. The fraction of sp³-hybridized carbons (Fsp3) is 0.467. The van der Waals surface area contributed by atoms with Gasteiger partial charge in [-0.2, -0.15) is 10.5 Å². The minimum Gasteiger partial charge on any atom is -0.383 e. The summed E-state index contributed by atoms with van der Waals surface area (Å²) < 4.78 is 15.5. The van der Waals surface area contributed by atoms with E-state index in [1.54, 1.807) is 25.3 Å². The third-order valence-electron chi connectivity index (χ3n) is 2.64. The van der Waals surface area contributed by atoms with Gasteiger partial charge >= 0.3 is 0 Å². The van der Waals surface area contributed by atoms with Crippen molar-refractivity contribution in [2.75, 3.05) is 52.0 Å². The lowest BCUT2D eigenvalue weighted by Gasteiger charge is -2.08. The topological polar surface area (TPSA) is 87.3 Å². The third-order valence-corrected chi connectivity index (χ3v) is 2.64. The maximum Gasteiger partial charge on any atom is 0.101 e. The number of nitrogens with zero attached hydrogens (tertiary/aromatic N) is 2. The predicted octanol–water partition coefficient (Wildman–Crippen LogP) is 1.52. The molecule has 6 nitrogen and oxygen atoms in total. The first-order valence-electron chi connectivity index (χ1n) is 6.64. The van der Waals surface area contributed by atoms with Gasteiger partial charge in [-0.25, -0.2) is 0 Å². The predicted molar refractivity (Wildman–Crippen MR) is 77.9 cm³/mol. The number of anilines is 1. The maximum atomic E-state index is 8.93. The summed E-state index contributed by atoms with van der Waals surface area (Å²) in [5.74, 6) is 0. The third kappa shape index (κ3) is 6.73. The van der Waals surface area contributed by atoms with E-state index in [2.05, 4.69) is 5.32 Å².